The number of nitrogens with one attached hydrogen (secondary N) is 1. The van der Waals surface area contributed by atoms with E-state index in [-0.39, 0.29) is 0 Å². The Morgan fingerprint density at radius 1 is 1.17 bits per heavy atom. The SMILES string of the molecule is N#C/C(=C\Nc1ccccc1)Cc1ccncc1. The molecule has 0 aliphatic carbocycles. The van der Waals surface area contributed by atoms with Gasteiger partial charge in [0.2, 0.25) is 0 Å². The van der Waals surface area contributed by atoms with E-state index >= 15 is 0 Å². The van der Waals surface area contributed by atoms with Crippen LogP contribution in [0.25, 0.3) is 0 Å². The van der Waals surface area contributed by atoms with Gasteiger partial charge in [0.1, 0.15) is 0 Å². The van der Waals surface area contributed by atoms with Crippen molar-refractivity contribution in [3.63, 3.8) is 0 Å². The predicted molar refractivity (Wildman–Crippen MR) is 71.7 cm³/mol. The Hall–Kier alpha value is -2.60. The van der Waals surface area contributed by atoms with E-state index in [1.54, 1.807) is 18.6 Å². The number of nitrogens with zero attached hydrogens (tertiary/aromatic N) is 2. The molecule has 3 heteroatoms. The lowest BCUT2D eigenvalue weighted by molar-refractivity contribution is 1.16. The first kappa shape index (κ1) is 11.9. The highest BCUT2D eigenvalue weighted by Gasteiger charge is 1.98. The van der Waals surface area contributed by atoms with Gasteiger partial charge in [0, 0.05) is 36.3 Å². The highest BCUT2D eigenvalue weighted by Crippen LogP contribution is 2.09. The van der Waals surface area contributed by atoms with E-state index < -0.39 is 0 Å². The Kier molecular flexibility index (Phi) is 4.10. The topological polar surface area (TPSA) is 48.7 Å². The number of hydrogen-bond acceptors (Lipinski definition) is 3. The third kappa shape index (κ3) is 3.46. The number of hydrogen-bond donors (Lipinski definition) is 1. The van der Waals surface area contributed by atoms with Gasteiger partial charge in [0.05, 0.1) is 6.07 Å². The van der Waals surface area contributed by atoms with Gasteiger partial charge in [-0.2, -0.15) is 5.26 Å². The summed E-state index contributed by atoms with van der Waals surface area (Å²) in [5.41, 5.74) is 2.73. The Bertz CT molecular complexity index is 553. The zero-order valence-electron chi connectivity index (χ0n) is 9.88. The van der Waals surface area contributed by atoms with Crippen molar-refractivity contribution in [3.8, 4) is 6.07 Å². The molecule has 2 rings (SSSR count). The molecule has 0 unspecified atom stereocenters. The highest BCUT2D eigenvalue weighted by atomic mass is 14.8. The summed E-state index contributed by atoms with van der Waals surface area (Å²) in [5.74, 6) is 0. The van der Waals surface area contributed by atoms with E-state index in [1.165, 1.54) is 0 Å². The van der Waals surface area contributed by atoms with Gasteiger partial charge >= 0.3 is 0 Å². The first-order chi connectivity index (χ1) is 8.88. The molecule has 0 radical (unpaired) electrons. The molecule has 0 saturated heterocycles. The standard InChI is InChI=1S/C15H13N3/c16-11-14(10-13-6-8-17-9-7-13)12-18-15-4-2-1-3-5-15/h1-9,12,18H,10H2/b14-12-. The number of benzene rings is 1. The first-order valence-electron chi connectivity index (χ1n) is 5.68. The molecule has 0 saturated carbocycles. The van der Waals surface area contributed by atoms with Crippen LogP contribution >= 0.6 is 0 Å². The van der Waals surface area contributed by atoms with Crippen LogP contribution in [0, 0.1) is 11.3 Å². The maximum absolute atomic E-state index is 9.09. The van der Waals surface area contributed by atoms with Crippen molar-refractivity contribution < 1.29 is 0 Å². The summed E-state index contributed by atoms with van der Waals surface area (Å²) in [6.45, 7) is 0. The average Bonchev–Trinajstić information content (AvgIpc) is 2.45. The van der Waals surface area contributed by atoms with Gasteiger partial charge in [-0.1, -0.05) is 18.2 Å². The number of allylic oxidation sites excluding steroid dienone is 1. The highest BCUT2D eigenvalue weighted by molar-refractivity contribution is 5.47. The van der Waals surface area contributed by atoms with Crippen LogP contribution in [-0.2, 0) is 6.42 Å². The largest absolute Gasteiger partial charge is 0.361 e. The average molecular weight is 235 g/mol. The maximum atomic E-state index is 9.09. The molecule has 1 heterocycles. The third-order valence-electron chi connectivity index (χ3n) is 2.47. The van der Waals surface area contributed by atoms with Gasteiger partial charge in [-0.05, 0) is 29.8 Å². The summed E-state index contributed by atoms with van der Waals surface area (Å²) in [6, 6.07) is 15.8. The summed E-state index contributed by atoms with van der Waals surface area (Å²) in [7, 11) is 0. The van der Waals surface area contributed by atoms with Crippen molar-refractivity contribution in [3.05, 3.63) is 72.2 Å². The van der Waals surface area contributed by atoms with Crippen LogP contribution in [0.15, 0.2) is 66.6 Å². The number of aromatic nitrogens is 1. The number of rotatable bonds is 4. The van der Waals surface area contributed by atoms with Crippen molar-refractivity contribution in [2.75, 3.05) is 5.32 Å². The molecule has 88 valence electrons. The van der Waals surface area contributed by atoms with Crippen molar-refractivity contribution in [2.45, 2.75) is 6.42 Å². The lowest BCUT2D eigenvalue weighted by Crippen LogP contribution is -1.94. The van der Waals surface area contributed by atoms with E-state index in [0.717, 1.165) is 11.3 Å². The molecule has 0 aliphatic heterocycles. The van der Waals surface area contributed by atoms with Crippen LogP contribution in [0.1, 0.15) is 5.56 Å². The van der Waals surface area contributed by atoms with Crippen LogP contribution in [-0.4, -0.2) is 4.98 Å². The van der Waals surface area contributed by atoms with E-state index in [2.05, 4.69) is 16.4 Å². The molecule has 0 aliphatic rings. The molecule has 1 N–H and O–H groups in total. The molecule has 3 nitrogen and oxygen atoms in total. The second-order valence-electron chi connectivity index (χ2n) is 3.82. The van der Waals surface area contributed by atoms with Crippen molar-refractivity contribution in [2.24, 2.45) is 0 Å². The fourth-order valence-corrected chi connectivity index (χ4v) is 1.55. The Morgan fingerprint density at radius 3 is 2.56 bits per heavy atom. The van der Waals surface area contributed by atoms with Crippen LogP contribution in [0.5, 0.6) is 0 Å². The van der Waals surface area contributed by atoms with E-state index in [1.807, 2.05) is 42.5 Å². The smallest absolute Gasteiger partial charge is 0.0965 e. The molecule has 1 aromatic carbocycles. The summed E-state index contributed by atoms with van der Waals surface area (Å²) < 4.78 is 0. The second kappa shape index (κ2) is 6.21. The fraction of sp³-hybridized carbons (Fsp3) is 0.0667. The number of pyridine rings is 1. The van der Waals surface area contributed by atoms with Crippen molar-refractivity contribution in [1.29, 1.82) is 5.26 Å². The van der Waals surface area contributed by atoms with Crippen LogP contribution in [0.2, 0.25) is 0 Å². The Labute approximate surface area is 106 Å². The zero-order valence-corrected chi connectivity index (χ0v) is 9.88. The van der Waals surface area contributed by atoms with Crippen LogP contribution in [0.4, 0.5) is 5.69 Å². The van der Waals surface area contributed by atoms with Crippen LogP contribution < -0.4 is 5.32 Å². The summed E-state index contributed by atoms with van der Waals surface area (Å²) in [4.78, 5) is 3.95. The maximum Gasteiger partial charge on any atom is 0.0965 e. The summed E-state index contributed by atoms with van der Waals surface area (Å²) in [6.07, 6.45) is 5.82. The number of para-hydroxylation sites is 1. The van der Waals surface area contributed by atoms with E-state index in [9.17, 15) is 0 Å². The van der Waals surface area contributed by atoms with Gasteiger partial charge < -0.3 is 5.32 Å². The fourth-order valence-electron chi connectivity index (χ4n) is 1.55. The molecule has 0 amide bonds. The molecule has 0 bridgehead atoms. The van der Waals surface area contributed by atoms with Gasteiger partial charge in [-0.3, -0.25) is 4.98 Å². The monoisotopic (exact) mass is 235 g/mol. The third-order valence-corrected chi connectivity index (χ3v) is 2.47. The minimum absolute atomic E-state index is 0.610. The van der Waals surface area contributed by atoms with Gasteiger partial charge in [0.15, 0.2) is 0 Å². The van der Waals surface area contributed by atoms with E-state index in [0.29, 0.717) is 12.0 Å². The van der Waals surface area contributed by atoms with Crippen molar-refractivity contribution >= 4 is 5.69 Å². The molecular formula is C15H13N3. The molecular weight excluding hydrogens is 222 g/mol. The Morgan fingerprint density at radius 2 is 1.89 bits per heavy atom. The van der Waals surface area contributed by atoms with Gasteiger partial charge in [0.25, 0.3) is 0 Å². The molecule has 0 fully saturated rings. The number of anilines is 1. The zero-order chi connectivity index (χ0) is 12.6. The lowest BCUT2D eigenvalue weighted by Gasteiger charge is -2.02. The molecule has 2 aromatic rings. The number of nitriles is 1. The molecule has 1 aromatic heterocycles. The minimum atomic E-state index is 0.610. The molecule has 0 spiro atoms. The quantitative estimate of drug-likeness (QED) is 0.828. The summed E-state index contributed by atoms with van der Waals surface area (Å²) >= 11 is 0. The predicted octanol–water partition coefficient (Wildman–Crippen LogP) is 3.14. The molecule has 0 atom stereocenters. The van der Waals surface area contributed by atoms with E-state index in [4.69, 9.17) is 5.26 Å². The van der Waals surface area contributed by atoms with Crippen molar-refractivity contribution in [1.82, 2.24) is 4.98 Å². The second-order valence-corrected chi connectivity index (χ2v) is 3.82. The Balaban J connectivity index is 2.04. The normalized spacial score (nSPS) is 10.7. The first-order valence-corrected chi connectivity index (χ1v) is 5.68. The summed E-state index contributed by atoms with van der Waals surface area (Å²) in [5, 5.41) is 12.2. The minimum Gasteiger partial charge on any atom is -0.361 e. The lowest BCUT2D eigenvalue weighted by atomic mass is 10.1. The van der Waals surface area contributed by atoms with Crippen LogP contribution in [0.3, 0.4) is 0 Å². The van der Waals surface area contributed by atoms with Gasteiger partial charge in [-0.15, -0.1) is 0 Å². The van der Waals surface area contributed by atoms with Gasteiger partial charge in [-0.25, -0.2) is 0 Å². The molecule has 18 heavy (non-hydrogen) atoms.